The summed E-state index contributed by atoms with van der Waals surface area (Å²) in [6.45, 7) is 6.59. The van der Waals surface area contributed by atoms with Crippen LogP contribution in [-0.2, 0) is 5.41 Å². The van der Waals surface area contributed by atoms with Crippen LogP contribution >= 0.6 is 0 Å². The summed E-state index contributed by atoms with van der Waals surface area (Å²) in [4.78, 5) is 0. The molecule has 0 heterocycles. The maximum absolute atomic E-state index is 10.1. The second kappa shape index (κ2) is 4.12. The van der Waals surface area contributed by atoms with Gasteiger partial charge < -0.3 is 5.11 Å². The number of hydrogen-bond acceptors (Lipinski definition) is 1. The van der Waals surface area contributed by atoms with Crippen molar-refractivity contribution < 1.29 is 5.11 Å². The molecule has 88 valence electrons. The maximum atomic E-state index is 10.1. The van der Waals surface area contributed by atoms with Gasteiger partial charge in [-0.2, -0.15) is 0 Å². The molecule has 0 atom stereocenters. The number of benzene rings is 1. The molecule has 0 unspecified atom stereocenters. The molecule has 1 fully saturated rings. The largest absolute Gasteiger partial charge is 0.508 e. The van der Waals surface area contributed by atoms with Crippen LogP contribution in [0.1, 0.15) is 55.7 Å². The Kier molecular flexibility index (Phi) is 2.96. The van der Waals surface area contributed by atoms with E-state index in [1.807, 2.05) is 12.1 Å². The number of aromatic hydroxyl groups is 1. The van der Waals surface area contributed by atoms with Crippen molar-refractivity contribution in [3.8, 4) is 5.75 Å². The van der Waals surface area contributed by atoms with E-state index >= 15 is 0 Å². The van der Waals surface area contributed by atoms with Crippen LogP contribution in [0.2, 0.25) is 0 Å². The summed E-state index contributed by atoms with van der Waals surface area (Å²) in [6.07, 6.45) is 6.36. The van der Waals surface area contributed by atoms with Crippen molar-refractivity contribution in [2.75, 3.05) is 0 Å². The molecule has 1 aromatic carbocycles. The first-order valence-electron chi connectivity index (χ1n) is 6.34. The summed E-state index contributed by atoms with van der Waals surface area (Å²) < 4.78 is 0. The van der Waals surface area contributed by atoms with E-state index in [0.717, 1.165) is 0 Å². The highest BCUT2D eigenvalue weighted by molar-refractivity contribution is 5.47. The van der Waals surface area contributed by atoms with Crippen molar-refractivity contribution in [2.45, 2.75) is 58.3 Å². The van der Waals surface area contributed by atoms with E-state index in [9.17, 15) is 5.11 Å². The Bertz CT molecular complexity index is 387. The second-order valence-corrected chi connectivity index (χ2v) is 5.52. The quantitative estimate of drug-likeness (QED) is 0.748. The predicted octanol–water partition coefficient (Wildman–Crippen LogP) is 4.23. The van der Waals surface area contributed by atoms with Crippen LogP contribution in [0.3, 0.4) is 0 Å². The highest BCUT2D eigenvalue weighted by atomic mass is 16.3. The number of rotatable bonds is 1. The van der Waals surface area contributed by atoms with E-state index < -0.39 is 0 Å². The molecule has 0 spiro atoms. The molecule has 0 aliphatic heterocycles. The van der Waals surface area contributed by atoms with Gasteiger partial charge in [0.25, 0.3) is 0 Å². The molecule has 1 nitrogen and oxygen atoms in total. The van der Waals surface area contributed by atoms with E-state index in [4.69, 9.17) is 0 Å². The Labute approximate surface area is 98.5 Å². The molecule has 1 aliphatic rings. The predicted molar refractivity (Wildman–Crippen MR) is 68.0 cm³/mol. The standard InChI is InChI=1S/C15H22O/c1-11-7-8-13(16)14(12(11)2)15(3)9-5-4-6-10-15/h7-8,16H,4-6,9-10H2,1-3H3. The van der Waals surface area contributed by atoms with E-state index in [2.05, 4.69) is 20.8 Å². The smallest absolute Gasteiger partial charge is 0.119 e. The third-order valence-corrected chi connectivity index (χ3v) is 4.27. The minimum Gasteiger partial charge on any atom is -0.508 e. The molecule has 1 aliphatic carbocycles. The number of aryl methyl sites for hydroxylation is 1. The van der Waals surface area contributed by atoms with Gasteiger partial charge in [-0.15, -0.1) is 0 Å². The van der Waals surface area contributed by atoms with Gasteiger partial charge in [-0.1, -0.05) is 32.3 Å². The maximum Gasteiger partial charge on any atom is 0.119 e. The van der Waals surface area contributed by atoms with Gasteiger partial charge in [0.2, 0.25) is 0 Å². The molecule has 0 bridgehead atoms. The van der Waals surface area contributed by atoms with Crippen LogP contribution in [-0.4, -0.2) is 5.11 Å². The Morgan fingerprint density at radius 1 is 1.06 bits per heavy atom. The van der Waals surface area contributed by atoms with E-state index in [1.165, 1.54) is 48.8 Å². The lowest BCUT2D eigenvalue weighted by Crippen LogP contribution is -2.26. The lowest BCUT2D eigenvalue weighted by atomic mass is 9.69. The van der Waals surface area contributed by atoms with Gasteiger partial charge in [0.05, 0.1) is 0 Å². The molecule has 1 N–H and O–H groups in total. The summed E-state index contributed by atoms with van der Waals surface area (Å²) in [6, 6.07) is 3.87. The van der Waals surface area contributed by atoms with Gasteiger partial charge in [-0.25, -0.2) is 0 Å². The van der Waals surface area contributed by atoms with Gasteiger partial charge in [-0.05, 0) is 49.3 Å². The molecule has 0 saturated heterocycles. The molecule has 16 heavy (non-hydrogen) atoms. The molecule has 0 aromatic heterocycles. The first-order chi connectivity index (χ1) is 7.54. The summed E-state index contributed by atoms with van der Waals surface area (Å²) in [5.41, 5.74) is 3.97. The van der Waals surface area contributed by atoms with Crippen molar-refractivity contribution in [3.05, 3.63) is 28.8 Å². The van der Waals surface area contributed by atoms with Crippen molar-refractivity contribution in [3.63, 3.8) is 0 Å². The SMILES string of the molecule is Cc1ccc(O)c(C2(C)CCCCC2)c1C. The van der Waals surface area contributed by atoms with Crippen LogP contribution in [0.15, 0.2) is 12.1 Å². The summed E-state index contributed by atoms with van der Waals surface area (Å²) >= 11 is 0. The summed E-state index contributed by atoms with van der Waals surface area (Å²) in [5, 5.41) is 10.1. The van der Waals surface area contributed by atoms with Crippen LogP contribution in [0.5, 0.6) is 5.75 Å². The number of phenolic OH excluding ortho intramolecular Hbond substituents is 1. The monoisotopic (exact) mass is 218 g/mol. The van der Waals surface area contributed by atoms with Gasteiger partial charge in [-0.3, -0.25) is 0 Å². The average molecular weight is 218 g/mol. The van der Waals surface area contributed by atoms with Gasteiger partial charge in [0.1, 0.15) is 5.75 Å². The van der Waals surface area contributed by atoms with E-state index in [1.54, 1.807) is 0 Å². The van der Waals surface area contributed by atoms with Crippen LogP contribution in [0.25, 0.3) is 0 Å². The minimum absolute atomic E-state index is 0.193. The van der Waals surface area contributed by atoms with Crippen molar-refractivity contribution >= 4 is 0 Å². The van der Waals surface area contributed by atoms with Crippen LogP contribution in [0, 0.1) is 13.8 Å². The highest BCUT2D eigenvalue weighted by Crippen LogP contribution is 2.44. The van der Waals surface area contributed by atoms with Crippen LogP contribution < -0.4 is 0 Å². The van der Waals surface area contributed by atoms with Crippen LogP contribution in [0.4, 0.5) is 0 Å². The normalized spacial score (nSPS) is 19.7. The van der Waals surface area contributed by atoms with Crippen molar-refractivity contribution in [1.29, 1.82) is 0 Å². The van der Waals surface area contributed by atoms with E-state index in [0.29, 0.717) is 5.75 Å². The zero-order chi connectivity index (χ0) is 11.8. The molecule has 0 amide bonds. The third-order valence-electron chi connectivity index (χ3n) is 4.27. The lowest BCUT2D eigenvalue weighted by Gasteiger charge is -2.36. The Balaban J connectivity index is 2.49. The second-order valence-electron chi connectivity index (χ2n) is 5.52. The van der Waals surface area contributed by atoms with Crippen molar-refractivity contribution in [1.82, 2.24) is 0 Å². The third kappa shape index (κ3) is 1.83. The fourth-order valence-electron chi connectivity index (χ4n) is 3.15. The highest BCUT2D eigenvalue weighted by Gasteiger charge is 2.32. The minimum atomic E-state index is 0.193. The summed E-state index contributed by atoms with van der Waals surface area (Å²) in [5.74, 6) is 0.493. The number of hydrogen-bond donors (Lipinski definition) is 1. The fraction of sp³-hybridized carbons (Fsp3) is 0.600. The average Bonchev–Trinajstić information content (AvgIpc) is 2.25. The van der Waals surface area contributed by atoms with Gasteiger partial charge >= 0.3 is 0 Å². The van der Waals surface area contributed by atoms with Crippen molar-refractivity contribution in [2.24, 2.45) is 0 Å². The van der Waals surface area contributed by atoms with E-state index in [-0.39, 0.29) is 5.41 Å². The van der Waals surface area contributed by atoms with Gasteiger partial charge in [0, 0.05) is 5.56 Å². The van der Waals surface area contributed by atoms with Gasteiger partial charge in [0.15, 0.2) is 0 Å². The Morgan fingerprint density at radius 2 is 1.69 bits per heavy atom. The number of phenols is 1. The Hall–Kier alpha value is -0.980. The first-order valence-corrected chi connectivity index (χ1v) is 6.34. The molecule has 0 radical (unpaired) electrons. The zero-order valence-corrected chi connectivity index (χ0v) is 10.6. The Morgan fingerprint density at radius 3 is 2.31 bits per heavy atom. The topological polar surface area (TPSA) is 20.2 Å². The fourth-order valence-corrected chi connectivity index (χ4v) is 3.15. The molecule has 1 saturated carbocycles. The summed E-state index contributed by atoms with van der Waals surface area (Å²) in [7, 11) is 0. The first kappa shape index (κ1) is 11.5. The molecular weight excluding hydrogens is 196 g/mol. The molecule has 1 heteroatoms. The molecular formula is C15H22O. The zero-order valence-electron chi connectivity index (χ0n) is 10.6. The lowest BCUT2D eigenvalue weighted by molar-refractivity contribution is 0.306. The molecule has 1 aromatic rings. The molecule has 2 rings (SSSR count).